The maximum absolute atomic E-state index is 12.5. The van der Waals surface area contributed by atoms with E-state index in [2.05, 4.69) is 9.97 Å². The van der Waals surface area contributed by atoms with Gasteiger partial charge in [-0.2, -0.15) is 0 Å². The van der Waals surface area contributed by atoms with E-state index in [4.69, 9.17) is 15.5 Å². The third-order valence-corrected chi connectivity index (χ3v) is 5.18. The highest BCUT2D eigenvalue weighted by Crippen LogP contribution is 2.30. The standard InChI is InChI=1S/C26H23N5O2/c1-26(2,3)33-25(32)31-14-13-18-15-17(9-12-21(18)31)19-10-11-20-23(28-19)22(30-24(27)29-20)16-7-5-4-6-8-16/h4-15H,1-3H3,(H2,27,29,30). The van der Waals surface area contributed by atoms with Crippen molar-refractivity contribution >= 4 is 34.0 Å². The lowest BCUT2D eigenvalue weighted by Gasteiger charge is -2.19. The lowest BCUT2D eigenvalue weighted by Crippen LogP contribution is -2.26. The molecular formula is C26H23N5O2. The van der Waals surface area contributed by atoms with E-state index >= 15 is 0 Å². The lowest BCUT2D eigenvalue weighted by atomic mass is 10.1. The molecule has 0 fully saturated rings. The number of rotatable bonds is 2. The zero-order valence-electron chi connectivity index (χ0n) is 18.6. The van der Waals surface area contributed by atoms with Crippen LogP contribution in [0.1, 0.15) is 20.8 Å². The molecule has 0 atom stereocenters. The van der Waals surface area contributed by atoms with E-state index in [0.717, 1.165) is 27.7 Å². The molecule has 3 aromatic heterocycles. The molecule has 0 aliphatic rings. The Morgan fingerprint density at radius 2 is 1.70 bits per heavy atom. The fourth-order valence-electron chi connectivity index (χ4n) is 3.76. The monoisotopic (exact) mass is 437 g/mol. The smallest absolute Gasteiger partial charge is 0.418 e. The van der Waals surface area contributed by atoms with Gasteiger partial charge in [0.05, 0.1) is 16.7 Å². The van der Waals surface area contributed by atoms with Crippen LogP contribution in [0.25, 0.3) is 44.5 Å². The number of nitrogens with zero attached hydrogens (tertiary/aromatic N) is 4. The predicted molar refractivity (Wildman–Crippen MR) is 130 cm³/mol. The first-order valence-corrected chi connectivity index (χ1v) is 10.6. The zero-order valence-corrected chi connectivity index (χ0v) is 18.6. The van der Waals surface area contributed by atoms with E-state index in [1.54, 1.807) is 6.20 Å². The molecular weight excluding hydrogens is 414 g/mol. The van der Waals surface area contributed by atoms with Gasteiger partial charge in [-0.25, -0.2) is 19.7 Å². The maximum atomic E-state index is 12.5. The second-order valence-corrected chi connectivity index (χ2v) is 8.80. The summed E-state index contributed by atoms with van der Waals surface area (Å²) >= 11 is 0. The number of hydrogen-bond donors (Lipinski definition) is 1. The van der Waals surface area contributed by atoms with Gasteiger partial charge in [-0.3, -0.25) is 4.57 Å². The van der Waals surface area contributed by atoms with Crippen LogP contribution in [0.15, 0.2) is 72.9 Å². The van der Waals surface area contributed by atoms with Crippen LogP contribution in [0.5, 0.6) is 0 Å². The molecule has 5 rings (SSSR count). The molecule has 3 heterocycles. The number of hydrogen-bond acceptors (Lipinski definition) is 6. The number of pyridine rings is 1. The van der Waals surface area contributed by atoms with Crippen LogP contribution in [-0.4, -0.2) is 31.2 Å². The number of nitrogen functional groups attached to an aromatic ring is 1. The van der Waals surface area contributed by atoms with Gasteiger partial charge in [0.25, 0.3) is 0 Å². The summed E-state index contributed by atoms with van der Waals surface area (Å²) in [5, 5.41) is 0.914. The summed E-state index contributed by atoms with van der Waals surface area (Å²) in [4.78, 5) is 26.2. The van der Waals surface area contributed by atoms with Crippen LogP contribution in [-0.2, 0) is 4.74 Å². The molecule has 33 heavy (non-hydrogen) atoms. The Morgan fingerprint density at radius 3 is 2.45 bits per heavy atom. The first-order chi connectivity index (χ1) is 15.8. The number of carbonyl (C=O) groups excluding carboxylic acids is 1. The molecule has 7 nitrogen and oxygen atoms in total. The Labute approximate surface area is 190 Å². The van der Waals surface area contributed by atoms with E-state index in [1.807, 2.05) is 87.5 Å². The van der Waals surface area contributed by atoms with E-state index < -0.39 is 11.7 Å². The summed E-state index contributed by atoms with van der Waals surface area (Å²) < 4.78 is 7.02. The summed E-state index contributed by atoms with van der Waals surface area (Å²) in [7, 11) is 0. The highest BCUT2D eigenvalue weighted by molar-refractivity contribution is 5.94. The fraction of sp³-hybridized carbons (Fsp3) is 0.154. The third-order valence-electron chi connectivity index (χ3n) is 5.18. The molecule has 7 heteroatoms. The summed E-state index contributed by atoms with van der Waals surface area (Å²) in [6.07, 6.45) is 1.32. The summed E-state index contributed by atoms with van der Waals surface area (Å²) in [6, 6.07) is 21.4. The number of fused-ring (bicyclic) bond motifs is 2. The van der Waals surface area contributed by atoms with Crippen LogP contribution >= 0.6 is 0 Å². The molecule has 0 spiro atoms. The van der Waals surface area contributed by atoms with Gasteiger partial charge < -0.3 is 10.5 Å². The topological polar surface area (TPSA) is 95.9 Å². The molecule has 0 saturated carbocycles. The Hall–Kier alpha value is -4.26. The van der Waals surface area contributed by atoms with Crippen molar-refractivity contribution in [3.05, 3.63) is 72.9 Å². The normalized spacial score (nSPS) is 11.7. The number of ether oxygens (including phenoxy) is 1. The molecule has 0 aliphatic carbocycles. The Morgan fingerprint density at radius 1 is 0.909 bits per heavy atom. The van der Waals surface area contributed by atoms with Gasteiger partial charge in [-0.1, -0.05) is 36.4 Å². The molecule has 164 valence electrons. The van der Waals surface area contributed by atoms with Crippen LogP contribution < -0.4 is 5.73 Å². The zero-order chi connectivity index (χ0) is 23.2. The number of benzene rings is 2. The highest BCUT2D eigenvalue weighted by atomic mass is 16.6. The first kappa shape index (κ1) is 20.6. The molecule has 5 aromatic rings. The van der Waals surface area contributed by atoms with Crippen molar-refractivity contribution < 1.29 is 9.53 Å². The van der Waals surface area contributed by atoms with Crippen LogP contribution in [0.4, 0.5) is 10.7 Å². The molecule has 0 aliphatic heterocycles. The quantitative estimate of drug-likeness (QED) is 0.382. The molecule has 2 aromatic carbocycles. The summed E-state index contributed by atoms with van der Waals surface area (Å²) in [6.45, 7) is 5.55. The average molecular weight is 438 g/mol. The first-order valence-electron chi connectivity index (χ1n) is 10.6. The van der Waals surface area contributed by atoms with Gasteiger partial charge >= 0.3 is 6.09 Å². The Bertz CT molecular complexity index is 1500. The average Bonchev–Trinajstić information content (AvgIpc) is 3.21. The summed E-state index contributed by atoms with van der Waals surface area (Å²) in [5.74, 6) is 0.209. The number of carbonyl (C=O) groups is 1. The van der Waals surface area contributed by atoms with Crippen LogP contribution in [0, 0.1) is 0 Å². The molecule has 0 unspecified atom stereocenters. The minimum atomic E-state index is -0.565. The largest absolute Gasteiger partial charge is 0.443 e. The fourth-order valence-corrected chi connectivity index (χ4v) is 3.76. The second-order valence-electron chi connectivity index (χ2n) is 8.80. The number of anilines is 1. The number of aromatic nitrogens is 4. The van der Waals surface area contributed by atoms with Crippen molar-refractivity contribution in [1.82, 2.24) is 19.5 Å². The highest BCUT2D eigenvalue weighted by Gasteiger charge is 2.19. The molecule has 0 saturated heterocycles. The van der Waals surface area contributed by atoms with Gasteiger partial charge in [-0.15, -0.1) is 0 Å². The Kier molecular flexibility index (Phi) is 4.82. The van der Waals surface area contributed by atoms with Crippen LogP contribution in [0.2, 0.25) is 0 Å². The van der Waals surface area contributed by atoms with Crippen molar-refractivity contribution in [2.24, 2.45) is 0 Å². The van der Waals surface area contributed by atoms with Gasteiger partial charge in [0.15, 0.2) is 0 Å². The van der Waals surface area contributed by atoms with Crippen molar-refractivity contribution in [2.45, 2.75) is 26.4 Å². The van der Waals surface area contributed by atoms with E-state index in [1.165, 1.54) is 4.57 Å². The van der Waals surface area contributed by atoms with Crippen molar-refractivity contribution in [3.63, 3.8) is 0 Å². The second kappa shape index (κ2) is 7.70. The third kappa shape index (κ3) is 4.01. The SMILES string of the molecule is CC(C)(C)OC(=O)n1ccc2cc(-c3ccc4nc(N)nc(-c5ccccc5)c4n3)ccc21. The maximum Gasteiger partial charge on any atom is 0.418 e. The van der Waals surface area contributed by atoms with Gasteiger partial charge in [0.1, 0.15) is 16.8 Å². The summed E-state index contributed by atoms with van der Waals surface area (Å²) in [5.41, 5.74) is 10.8. The van der Waals surface area contributed by atoms with Crippen molar-refractivity contribution in [3.8, 4) is 22.5 Å². The van der Waals surface area contributed by atoms with E-state index in [-0.39, 0.29) is 5.95 Å². The molecule has 0 amide bonds. The lowest BCUT2D eigenvalue weighted by molar-refractivity contribution is 0.0544. The minimum absolute atomic E-state index is 0.209. The van der Waals surface area contributed by atoms with Gasteiger partial charge in [0, 0.05) is 22.7 Å². The minimum Gasteiger partial charge on any atom is -0.443 e. The molecule has 0 bridgehead atoms. The van der Waals surface area contributed by atoms with Crippen molar-refractivity contribution in [2.75, 3.05) is 5.73 Å². The predicted octanol–water partition coefficient (Wildman–Crippen LogP) is 5.68. The van der Waals surface area contributed by atoms with E-state index in [9.17, 15) is 4.79 Å². The van der Waals surface area contributed by atoms with Gasteiger partial charge in [-0.05, 0) is 51.1 Å². The number of nitrogens with two attached hydrogens (primary N) is 1. The molecule has 0 radical (unpaired) electrons. The molecule has 2 N–H and O–H groups in total. The Balaban J connectivity index is 1.59. The van der Waals surface area contributed by atoms with Gasteiger partial charge in [0.2, 0.25) is 5.95 Å². The van der Waals surface area contributed by atoms with Crippen LogP contribution in [0.3, 0.4) is 0 Å². The van der Waals surface area contributed by atoms with Crippen molar-refractivity contribution in [1.29, 1.82) is 0 Å². The van der Waals surface area contributed by atoms with E-state index in [0.29, 0.717) is 16.7 Å².